The number of nitrogen functional groups attached to an aromatic ring is 1. The second kappa shape index (κ2) is 4.91. The SMILES string of the molecule is CCc1cn[nH]c1NC(=O)c1ccc(N)cc1C. The molecular formula is C13H16N4O. The van der Waals surface area contributed by atoms with E-state index in [0.29, 0.717) is 17.1 Å². The molecule has 0 aliphatic carbocycles. The van der Waals surface area contributed by atoms with Gasteiger partial charge in [0.1, 0.15) is 5.82 Å². The van der Waals surface area contributed by atoms with Crippen molar-refractivity contribution in [2.45, 2.75) is 20.3 Å². The first-order chi connectivity index (χ1) is 8.61. The molecule has 0 radical (unpaired) electrons. The van der Waals surface area contributed by atoms with Crippen LogP contribution in [-0.2, 0) is 6.42 Å². The van der Waals surface area contributed by atoms with Crippen molar-refractivity contribution in [1.82, 2.24) is 10.2 Å². The van der Waals surface area contributed by atoms with Crippen LogP contribution in [0.25, 0.3) is 0 Å². The third-order valence-electron chi connectivity index (χ3n) is 2.83. The van der Waals surface area contributed by atoms with Crippen LogP contribution in [0.1, 0.15) is 28.4 Å². The van der Waals surface area contributed by atoms with Crippen LogP contribution in [0.4, 0.5) is 11.5 Å². The first-order valence-corrected chi connectivity index (χ1v) is 5.81. The van der Waals surface area contributed by atoms with Crippen molar-refractivity contribution in [2.24, 2.45) is 0 Å². The number of nitrogens with two attached hydrogens (primary N) is 1. The van der Waals surface area contributed by atoms with Crippen LogP contribution in [0.15, 0.2) is 24.4 Å². The summed E-state index contributed by atoms with van der Waals surface area (Å²) in [5.41, 5.74) is 8.76. The van der Waals surface area contributed by atoms with Crippen LogP contribution >= 0.6 is 0 Å². The van der Waals surface area contributed by atoms with E-state index < -0.39 is 0 Å². The minimum Gasteiger partial charge on any atom is -0.399 e. The van der Waals surface area contributed by atoms with Crippen LogP contribution in [0.3, 0.4) is 0 Å². The van der Waals surface area contributed by atoms with Crippen molar-refractivity contribution >= 4 is 17.4 Å². The van der Waals surface area contributed by atoms with Gasteiger partial charge in [0.15, 0.2) is 0 Å². The third-order valence-corrected chi connectivity index (χ3v) is 2.83. The fourth-order valence-electron chi connectivity index (χ4n) is 1.81. The normalized spacial score (nSPS) is 10.3. The number of amides is 1. The number of nitrogens with one attached hydrogen (secondary N) is 2. The Labute approximate surface area is 105 Å². The second-order valence-electron chi connectivity index (χ2n) is 4.15. The molecule has 0 spiro atoms. The summed E-state index contributed by atoms with van der Waals surface area (Å²) in [4.78, 5) is 12.1. The molecule has 2 rings (SSSR count). The first kappa shape index (κ1) is 12.2. The number of hydrogen-bond acceptors (Lipinski definition) is 3. The van der Waals surface area contributed by atoms with Gasteiger partial charge >= 0.3 is 0 Å². The largest absolute Gasteiger partial charge is 0.399 e. The van der Waals surface area contributed by atoms with Crippen LogP contribution in [0.5, 0.6) is 0 Å². The summed E-state index contributed by atoms with van der Waals surface area (Å²) in [7, 11) is 0. The summed E-state index contributed by atoms with van der Waals surface area (Å²) < 4.78 is 0. The number of aryl methyl sites for hydroxylation is 2. The van der Waals surface area contributed by atoms with Crippen molar-refractivity contribution in [3.8, 4) is 0 Å². The standard InChI is InChI=1S/C13H16N4O/c1-3-9-7-15-17-12(9)16-13(18)11-5-4-10(14)6-8(11)2/h4-7H,3,14H2,1-2H3,(H2,15,16,17,18). The van der Waals surface area contributed by atoms with Gasteiger partial charge in [-0.05, 0) is 37.1 Å². The van der Waals surface area contributed by atoms with Crippen molar-refractivity contribution in [3.05, 3.63) is 41.1 Å². The zero-order chi connectivity index (χ0) is 13.1. The molecule has 1 aromatic heterocycles. The Balaban J connectivity index is 2.22. The molecule has 0 aliphatic rings. The third kappa shape index (κ3) is 2.34. The van der Waals surface area contributed by atoms with E-state index in [-0.39, 0.29) is 5.91 Å². The van der Waals surface area contributed by atoms with Gasteiger partial charge in [-0.25, -0.2) is 0 Å². The van der Waals surface area contributed by atoms with E-state index >= 15 is 0 Å². The lowest BCUT2D eigenvalue weighted by molar-refractivity contribution is 0.102. The number of benzene rings is 1. The summed E-state index contributed by atoms with van der Waals surface area (Å²) >= 11 is 0. The number of carbonyl (C=O) groups is 1. The molecule has 5 nitrogen and oxygen atoms in total. The summed E-state index contributed by atoms with van der Waals surface area (Å²) in [6, 6.07) is 5.22. The molecular weight excluding hydrogens is 228 g/mol. The maximum Gasteiger partial charge on any atom is 0.257 e. The topological polar surface area (TPSA) is 83.8 Å². The van der Waals surface area contributed by atoms with Gasteiger partial charge in [0.25, 0.3) is 5.91 Å². The maximum absolute atomic E-state index is 12.1. The smallest absolute Gasteiger partial charge is 0.257 e. The average Bonchev–Trinajstić information content (AvgIpc) is 2.76. The summed E-state index contributed by atoms with van der Waals surface area (Å²) in [6.45, 7) is 3.87. The van der Waals surface area contributed by atoms with Crippen LogP contribution in [-0.4, -0.2) is 16.1 Å². The van der Waals surface area contributed by atoms with Crippen molar-refractivity contribution in [3.63, 3.8) is 0 Å². The molecule has 2 aromatic rings. The van der Waals surface area contributed by atoms with Crippen LogP contribution < -0.4 is 11.1 Å². The number of rotatable bonds is 3. The van der Waals surface area contributed by atoms with E-state index in [4.69, 9.17) is 5.73 Å². The molecule has 0 saturated carbocycles. The Morgan fingerprint density at radius 2 is 2.28 bits per heavy atom. The average molecular weight is 244 g/mol. The Morgan fingerprint density at radius 1 is 1.50 bits per heavy atom. The minimum atomic E-state index is -0.161. The molecule has 0 saturated heterocycles. The zero-order valence-corrected chi connectivity index (χ0v) is 10.4. The van der Waals surface area contributed by atoms with Gasteiger partial charge in [-0.1, -0.05) is 6.92 Å². The predicted octanol–water partition coefficient (Wildman–Crippen LogP) is 2.12. The molecule has 94 valence electrons. The highest BCUT2D eigenvalue weighted by Crippen LogP contribution is 2.16. The molecule has 1 amide bonds. The molecule has 0 atom stereocenters. The monoisotopic (exact) mass is 244 g/mol. The fraction of sp³-hybridized carbons (Fsp3) is 0.231. The molecule has 1 heterocycles. The Morgan fingerprint density at radius 3 is 2.94 bits per heavy atom. The number of hydrogen-bond donors (Lipinski definition) is 3. The summed E-state index contributed by atoms with van der Waals surface area (Å²) in [6.07, 6.45) is 2.53. The number of nitrogens with zero attached hydrogens (tertiary/aromatic N) is 1. The van der Waals surface area contributed by atoms with E-state index in [1.165, 1.54) is 0 Å². The van der Waals surface area contributed by atoms with E-state index in [0.717, 1.165) is 17.5 Å². The van der Waals surface area contributed by atoms with Gasteiger partial charge < -0.3 is 11.1 Å². The molecule has 0 aliphatic heterocycles. The highest BCUT2D eigenvalue weighted by atomic mass is 16.1. The van der Waals surface area contributed by atoms with Gasteiger partial charge in [0.05, 0.1) is 6.20 Å². The molecule has 18 heavy (non-hydrogen) atoms. The van der Waals surface area contributed by atoms with Gasteiger partial charge in [0, 0.05) is 16.8 Å². The number of aromatic nitrogens is 2. The number of anilines is 2. The number of aromatic amines is 1. The van der Waals surface area contributed by atoms with Gasteiger partial charge in [-0.2, -0.15) is 5.10 Å². The zero-order valence-electron chi connectivity index (χ0n) is 10.4. The lowest BCUT2D eigenvalue weighted by Gasteiger charge is -2.08. The molecule has 0 fully saturated rings. The van der Waals surface area contributed by atoms with E-state index in [9.17, 15) is 4.79 Å². The lowest BCUT2D eigenvalue weighted by atomic mass is 10.1. The number of H-pyrrole nitrogens is 1. The van der Waals surface area contributed by atoms with Crippen molar-refractivity contribution in [2.75, 3.05) is 11.1 Å². The first-order valence-electron chi connectivity index (χ1n) is 5.81. The highest BCUT2D eigenvalue weighted by molar-refractivity contribution is 6.05. The maximum atomic E-state index is 12.1. The molecule has 0 unspecified atom stereocenters. The minimum absolute atomic E-state index is 0.161. The Bertz CT molecular complexity index is 574. The van der Waals surface area contributed by atoms with Crippen LogP contribution in [0.2, 0.25) is 0 Å². The van der Waals surface area contributed by atoms with Crippen LogP contribution in [0, 0.1) is 6.92 Å². The van der Waals surface area contributed by atoms with E-state index in [2.05, 4.69) is 15.5 Å². The van der Waals surface area contributed by atoms with Gasteiger partial charge in [0.2, 0.25) is 0 Å². The molecule has 1 aromatic carbocycles. The van der Waals surface area contributed by atoms with E-state index in [1.54, 1.807) is 24.4 Å². The highest BCUT2D eigenvalue weighted by Gasteiger charge is 2.12. The molecule has 0 bridgehead atoms. The van der Waals surface area contributed by atoms with E-state index in [1.807, 2.05) is 13.8 Å². The quantitative estimate of drug-likeness (QED) is 0.723. The summed E-state index contributed by atoms with van der Waals surface area (Å²) in [5, 5.41) is 9.52. The second-order valence-corrected chi connectivity index (χ2v) is 4.15. The van der Waals surface area contributed by atoms with Crippen molar-refractivity contribution < 1.29 is 4.79 Å². The van der Waals surface area contributed by atoms with Gasteiger partial charge in [-0.3, -0.25) is 9.89 Å². The van der Waals surface area contributed by atoms with Crippen molar-refractivity contribution in [1.29, 1.82) is 0 Å². The predicted molar refractivity (Wildman–Crippen MR) is 71.5 cm³/mol. The molecule has 4 N–H and O–H groups in total. The fourth-order valence-corrected chi connectivity index (χ4v) is 1.81. The molecule has 5 heteroatoms. The lowest BCUT2D eigenvalue weighted by Crippen LogP contribution is -2.14. The number of carbonyl (C=O) groups excluding carboxylic acids is 1. The summed E-state index contributed by atoms with van der Waals surface area (Å²) in [5.74, 6) is 0.491. The Hall–Kier alpha value is -2.30. The Kier molecular flexibility index (Phi) is 3.32. The van der Waals surface area contributed by atoms with Gasteiger partial charge in [-0.15, -0.1) is 0 Å².